The first-order valence-corrected chi connectivity index (χ1v) is 7.32. The van der Waals surface area contributed by atoms with E-state index in [0.29, 0.717) is 12.2 Å². The zero-order valence-corrected chi connectivity index (χ0v) is 12.0. The molecule has 2 aliphatic heterocycles. The maximum absolute atomic E-state index is 5.93. The predicted octanol–water partition coefficient (Wildman–Crippen LogP) is 2.56. The molecule has 2 fully saturated rings. The number of nitrogens with zero attached hydrogens (tertiary/aromatic N) is 1. The van der Waals surface area contributed by atoms with Crippen LogP contribution >= 0.6 is 15.9 Å². The minimum Gasteiger partial charge on any atom is -0.376 e. The molecule has 0 amide bonds. The zero-order chi connectivity index (χ0) is 12.1. The summed E-state index contributed by atoms with van der Waals surface area (Å²) in [6.45, 7) is 8.77. The molecule has 0 aliphatic carbocycles. The molecule has 0 aromatic carbocycles. The normalized spacial score (nSPS) is 27.5. The van der Waals surface area contributed by atoms with Gasteiger partial charge in [0, 0.05) is 30.7 Å². The molecule has 0 radical (unpaired) electrons. The summed E-state index contributed by atoms with van der Waals surface area (Å²) < 4.78 is 12.6. The van der Waals surface area contributed by atoms with Gasteiger partial charge in [-0.1, -0.05) is 22.5 Å². The summed E-state index contributed by atoms with van der Waals surface area (Å²) in [4.78, 5) is 2.42. The van der Waals surface area contributed by atoms with Crippen LogP contribution in [0.2, 0.25) is 0 Å². The van der Waals surface area contributed by atoms with E-state index in [4.69, 9.17) is 9.47 Å². The van der Waals surface area contributed by atoms with Gasteiger partial charge in [-0.15, -0.1) is 0 Å². The van der Waals surface area contributed by atoms with Crippen molar-refractivity contribution in [1.82, 2.24) is 4.90 Å². The Hall–Kier alpha value is 0.1000. The summed E-state index contributed by atoms with van der Waals surface area (Å²) in [5.74, 6) is 0. The molecule has 0 aromatic heterocycles. The highest BCUT2D eigenvalue weighted by molar-refractivity contribution is 9.11. The Morgan fingerprint density at radius 2 is 2.12 bits per heavy atom. The fourth-order valence-corrected chi connectivity index (χ4v) is 2.85. The molecule has 0 aromatic rings. The first-order chi connectivity index (χ1) is 8.24. The van der Waals surface area contributed by atoms with Crippen LogP contribution in [-0.2, 0) is 9.47 Å². The Morgan fingerprint density at radius 1 is 1.35 bits per heavy atom. The second-order valence-corrected chi connectivity index (χ2v) is 6.08. The van der Waals surface area contributed by atoms with Crippen molar-refractivity contribution in [2.24, 2.45) is 0 Å². The molecule has 17 heavy (non-hydrogen) atoms. The monoisotopic (exact) mass is 303 g/mol. The fourth-order valence-electron chi connectivity index (χ4n) is 2.50. The first kappa shape index (κ1) is 13.5. The van der Waals surface area contributed by atoms with E-state index in [1.165, 1.54) is 12.8 Å². The molecule has 0 unspecified atom stereocenters. The zero-order valence-electron chi connectivity index (χ0n) is 10.4. The van der Waals surface area contributed by atoms with Gasteiger partial charge in [0.15, 0.2) is 0 Å². The van der Waals surface area contributed by atoms with Gasteiger partial charge in [-0.25, -0.2) is 0 Å². The van der Waals surface area contributed by atoms with E-state index in [1.54, 1.807) is 0 Å². The van der Waals surface area contributed by atoms with Crippen molar-refractivity contribution in [3.63, 3.8) is 0 Å². The summed E-state index contributed by atoms with van der Waals surface area (Å²) in [6, 6.07) is 0. The van der Waals surface area contributed by atoms with E-state index < -0.39 is 0 Å². The van der Waals surface area contributed by atoms with Gasteiger partial charge in [-0.05, 0) is 25.7 Å². The quantitative estimate of drug-likeness (QED) is 0.779. The van der Waals surface area contributed by atoms with Gasteiger partial charge in [0.2, 0.25) is 0 Å². The third kappa shape index (κ3) is 4.70. The van der Waals surface area contributed by atoms with Crippen LogP contribution in [0.3, 0.4) is 0 Å². The summed E-state index contributed by atoms with van der Waals surface area (Å²) in [5, 5.41) is 0. The van der Waals surface area contributed by atoms with Crippen LogP contribution in [-0.4, -0.2) is 50.0 Å². The largest absolute Gasteiger partial charge is 0.376 e. The van der Waals surface area contributed by atoms with Crippen molar-refractivity contribution in [2.75, 3.05) is 32.8 Å². The summed E-state index contributed by atoms with van der Waals surface area (Å²) in [6.07, 6.45) is 5.41. The third-order valence-electron chi connectivity index (χ3n) is 3.47. The summed E-state index contributed by atoms with van der Waals surface area (Å²) in [5.41, 5.74) is 0. The van der Waals surface area contributed by atoms with Crippen LogP contribution in [0.5, 0.6) is 0 Å². The number of ether oxygens (including phenoxy) is 2. The highest BCUT2D eigenvalue weighted by Crippen LogP contribution is 2.18. The van der Waals surface area contributed by atoms with Gasteiger partial charge < -0.3 is 9.47 Å². The summed E-state index contributed by atoms with van der Waals surface area (Å²) >= 11 is 3.42. The maximum Gasteiger partial charge on any atom is 0.0809 e. The molecule has 4 heteroatoms. The Bertz CT molecular complexity index is 246. The lowest BCUT2D eigenvalue weighted by molar-refractivity contribution is -0.0409. The van der Waals surface area contributed by atoms with E-state index in [9.17, 15) is 0 Å². The Balaban J connectivity index is 1.60. The molecule has 0 bridgehead atoms. The van der Waals surface area contributed by atoms with Crippen molar-refractivity contribution in [3.05, 3.63) is 11.1 Å². The number of hydrogen-bond donors (Lipinski definition) is 0. The molecular formula is C13H22BrNO2. The molecule has 2 aliphatic rings. The predicted molar refractivity (Wildman–Crippen MR) is 72.5 cm³/mol. The smallest absolute Gasteiger partial charge is 0.0809 e. The topological polar surface area (TPSA) is 21.7 Å². The molecule has 0 saturated carbocycles. The second kappa shape index (κ2) is 6.88. The van der Waals surface area contributed by atoms with Crippen LogP contribution in [0.4, 0.5) is 0 Å². The number of hydrogen-bond acceptors (Lipinski definition) is 3. The van der Waals surface area contributed by atoms with Crippen LogP contribution in [0.1, 0.15) is 25.7 Å². The van der Waals surface area contributed by atoms with Gasteiger partial charge in [0.05, 0.1) is 18.8 Å². The van der Waals surface area contributed by atoms with Crippen molar-refractivity contribution < 1.29 is 9.47 Å². The molecule has 1 atom stereocenters. The number of likely N-dealkylation sites (tertiary alicyclic amines) is 1. The molecule has 2 rings (SSSR count). The first-order valence-electron chi connectivity index (χ1n) is 6.53. The second-order valence-electron chi connectivity index (χ2n) is 4.96. The van der Waals surface area contributed by atoms with Crippen molar-refractivity contribution in [3.8, 4) is 0 Å². The van der Waals surface area contributed by atoms with Gasteiger partial charge >= 0.3 is 0 Å². The minimum atomic E-state index is 0.357. The molecule has 0 spiro atoms. The van der Waals surface area contributed by atoms with Crippen LogP contribution in [0.15, 0.2) is 11.1 Å². The van der Waals surface area contributed by atoms with Crippen LogP contribution in [0, 0.1) is 0 Å². The number of rotatable bonds is 5. The van der Waals surface area contributed by atoms with E-state index in [-0.39, 0.29) is 0 Å². The van der Waals surface area contributed by atoms with E-state index in [1.807, 2.05) is 0 Å². The minimum absolute atomic E-state index is 0.357. The SMILES string of the molecule is C=C(Br)CN1CCC(OC[C@@H]2CCCO2)CC1. The maximum atomic E-state index is 5.93. The van der Waals surface area contributed by atoms with Crippen molar-refractivity contribution in [1.29, 1.82) is 0 Å². The highest BCUT2D eigenvalue weighted by Gasteiger charge is 2.22. The molecule has 98 valence electrons. The average Bonchev–Trinajstić information content (AvgIpc) is 2.80. The third-order valence-corrected chi connectivity index (χ3v) is 3.72. The van der Waals surface area contributed by atoms with Gasteiger partial charge in [-0.2, -0.15) is 0 Å². The van der Waals surface area contributed by atoms with Gasteiger partial charge in [-0.3, -0.25) is 4.90 Å². The standard InChI is InChI=1S/C13H22BrNO2/c1-11(14)9-15-6-4-12(5-7-15)17-10-13-3-2-8-16-13/h12-13H,1-10H2/t13-/m0/s1. The molecule has 3 nitrogen and oxygen atoms in total. The fraction of sp³-hybridized carbons (Fsp3) is 0.846. The highest BCUT2D eigenvalue weighted by atomic mass is 79.9. The van der Waals surface area contributed by atoms with Crippen molar-refractivity contribution >= 4 is 15.9 Å². The molecule has 0 N–H and O–H groups in total. The lowest BCUT2D eigenvalue weighted by Crippen LogP contribution is -2.38. The molecule has 2 heterocycles. The van der Waals surface area contributed by atoms with Crippen LogP contribution < -0.4 is 0 Å². The average molecular weight is 304 g/mol. The Kier molecular flexibility index (Phi) is 5.48. The lowest BCUT2D eigenvalue weighted by atomic mass is 10.1. The Labute approximate surface area is 112 Å². The van der Waals surface area contributed by atoms with E-state index >= 15 is 0 Å². The van der Waals surface area contributed by atoms with Gasteiger partial charge in [0.1, 0.15) is 0 Å². The van der Waals surface area contributed by atoms with E-state index in [2.05, 4.69) is 27.4 Å². The van der Waals surface area contributed by atoms with Gasteiger partial charge in [0.25, 0.3) is 0 Å². The molecular weight excluding hydrogens is 282 g/mol. The summed E-state index contributed by atoms with van der Waals surface area (Å²) in [7, 11) is 0. The number of halogens is 1. The van der Waals surface area contributed by atoms with Crippen molar-refractivity contribution in [2.45, 2.75) is 37.9 Å². The van der Waals surface area contributed by atoms with Crippen LogP contribution in [0.25, 0.3) is 0 Å². The lowest BCUT2D eigenvalue weighted by Gasteiger charge is -2.32. The number of piperidine rings is 1. The Morgan fingerprint density at radius 3 is 2.71 bits per heavy atom. The molecule has 2 saturated heterocycles. The van der Waals surface area contributed by atoms with E-state index in [0.717, 1.165) is 50.2 Å².